The highest BCUT2D eigenvalue weighted by molar-refractivity contribution is 6.05. The average Bonchev–Trinajstić information content (AvgIpc) is 2.70. The number of hydrogen-bond acceptors (Lipinski definition) is 5. The van der Waals surface area contributed by atoms with Gasteiger partial charge in [-0.15, -0.1) is 0 Å². The Morgan fingerprint density at radius 1 is 1.00 bits per heavy atom. The van der Waals surface area contributed by atoms with Crippen LogP contribution in [0.1, 0.15) is 15.9 Å². The molecule has 0 aromatic heterocycles. The number of nitro benzene ring substituents is 1. The second-order valence-electron chi connectivity index (χ2n) is 5.97. The largest absolute Gasteiger partial charge is 0.350 e. The third kappa shape index (κ3) is 4.51. The Morgan fingerprint density at radius 2 is 1.71 bits per heavy atom. The topological polar surface area (TPSA) is 108 Å². The van der Waals surface area contributed by atoms with Crippen LogP contribution in [0.4, 0.5) is 22.7 Å². The fourth-order valence-electron chi connectivity index (χ4n) is 2.61. The lowest BCUT2D eigenvalue weighted by atomic mass is 10.1. The minimum absolute atomic E-state index is 0.173. The molecule has 0 aliphatic rings. The lowest BCUT2D eigenvalue weighted by molar-refractivity contribution is -0.383. The van der Waals surface area contributed by atoms with E-state index in [1.165, 1.54) is 18.2 Å². The molecule has 3 aromatic carbocycles. The molecule has 1 amide bonds. The summed E-state index contributed by atoms with van der Waals surface area (Å²) in [6.45, 7) is 0. The van der Waals surface area contributed by atoms with E-state index in [2.05, 4.69) is 16.7 Å². The number of nitrogens with one attached hydrogen (secondary N) is 2. The minimum atomic E-state index is -0.529. The van der Waals surface area contributed by atoms with Crippen LogP contribution in [-0.2, 0) is 6.42 Å². The molecule has 2 N–H and O–H groups in total. The second-order valence-corrected chi connectivity index (χ2v) is 5.97. The van der Waals surface area contributed by atoms with Crippen molar-refractivity contribution < 1.29 is 9.72 Å². The zero-order chi connectivity index (χ0) is 19.9. The van der Waals surface area contributed by atoms with Crippen molar-refractivity contribution in [3.63, 3.8) is 0 Å². The summed E-state index contributed by atoms with van der Waals surface area (Å²) in [7, 11) is 0. The normalized spacial score (nSPS) is 9.96. The smallest absolute Gasteiger partial charge is 0.293 e. The Kier molecular flexibility index (Phi) is 5.63. The maximum absolute atomic E-state index is 12.5. The van der Waals surface area contributed by atoms with Crippen LogP contribution in [0.2, 0.25) is 0 Å². The Hall–Kier alpha value is -4.18. The summed E-state index contributed by atoms with van der Waals surface area (Å²) in [5.74, 6) is -0.456. The number of nitriles is 1. The molecule has 0 atom stereocenters. The second kappa shape index (κ2) is 8.47. The zero-order valence-electron chi connectivity index (χ0n) is 14.8. The van der Waals surface area contributed by atoms with Crippen molar-refractivity contribution in [2.45, 2.75) is 6.42 Å². The molecule has 0 saturated heterocycles. The number of rotatable bonds is 6. The molecule has 3 aromatic rings. The van der Waals surface area contributed by atoms with Gasteiger partial charge in [-0.25, -0.2) is 0 Å². The zero-order valence-corrected chi connectivity index (χ0v) is 14.8. The first-order valence-corrected chi connectivity index (χ1v) is 8.44. The fourth-order valence-corrected chi connectivity index (χ4v) is 2.61. The van der Waals surface area contributed by atoms with Crippen molar-refractivity contribution in [3.8, 4) is 6.07 Å². The molecule has 7 heteroatoms. The summed E-state index contributed by atoms with van der Waals surface area (Å²) in [6, 6.07) is 22.3. The Bertz CT molecular complexity index is 1040. The first-order chi connectivity index (χ1) is 13.6. The number of para-hydroxylation sites is 1. The van der Waals surface area contributed by atoms with Gasteiger partial charge in [0.1, 0.15) is 5.69 Å². The van der Waals surface area contributed by atoms with Crippen LogP contribution in [0.5, 0.6) is 0 Å². The molecule has 7 nitrogen and oxygen atoms in total. The molecule has 3 rings (SSSR count). The molecular formula is C21H16N4O3. The van der Waals surface area contributed by atoms with Crippen LogP contribution in [-0.4, -0.2) is 10.8 Å². The minimum Gasteiger partial charge on any atom is -0.350 e. The van der Waals surface area contributed by atoms with Gasteiger partial charge in [0.15, 0.2) is 0 Å². The lowest BCUT2D eigenvalue weighted by Crippen LogP contribution is -2.12. The number of benzene rings is 3. The third-order valence-corrected chi connectivity index (χ3v) is 4.00. The van der Waals surface area contributed by atoms with E-state index in [0.717, 1.165) is 5.56 Å². The summed E-state index contributed by atoms with van der Waals surface area (Å²) in [4.78, 5) is 23.4. The van der Waals surface area contributed by atoms with Crippen molar-refractivity contribution in [1.29, 1.82) is 5.26 Å². The maximum atomic E-state index is 12.5. The van der Waals surface area contributed by atoms with Gasteiger partial charge in [0.05, 0.1) is 17.4 Å². The Labute approximate surface area is 161 Å². The van der Waals surface area contributed by atoms with E-state index in [9.17, 15) is 14.9 Å². The molecule has 0 aliphatic heterocycles. The molecule has 0 radical (unpaired) electrons. The average molecular weight is 372 g/mol. The highest BCUT2D eigenvalue weighted by atomic mass is 16.6. The van der Waals surface area contributed by atoms with Gasteiger partial charge >= 0.3 is 0 Å². The van der Waals surface area contributed by atoms with Crippen LogP contribution < -0.4 is 10.6 Å². The summed E-state index contributed by atoms with van der Waals surface area (Å²) in [6.07, 6.45) is 0.288. The molecule has 0 bridgehead atoms. The van der Waals surface area contributed by atoms with E-state index in [4.69, 9.17) is 5.26 Å². The van der Waals surface area contributed by atoms with E-state index in [1.807, 2.05) is 18.2 Å². The van der Waals surface area contributed by atoms with Crippen LogP contribution in [0, 0.1) is 21.4 Å². The first kappa shape index (κ1) is 18.6. The summed E-state index contributed by atoms with van der Waals surface area (Å²) in [5.41, 5.74) is 2.37. The van der Waals surface area contributed by atoms with Crippen LogP contribution in [0.25, 0.3) is 0 Å². The predicted molar refractivity (Wildman–Crippen MR) is 107 cm³/mol. The molecule has 0 saturated carbocycles. The van der Waals surface area contributed by atoms with Crippen molar-refractivity contribution in [1.82, 2.24) is 0 Å². The number of carbonyl (C=O) groups is 1. The summed E-state index contributed by atoms with van der Waals surface area (Å²) >= 11 is 0. The molecule has 0 heterocycles. The van der Waals surface area contributed by atoms with E-state index in [0.29, 0.717) is 17.1 Å². The van der Waals surface area contributed by atoms with Crippen molar-refractivity contribution in [3.05, 3.63) is 94.0 Å². The van der Waals surface area contributed by atoms with Gasteiger partial charge in [-0.3, -0.25) is 14.9 Å². The molecule has 0 fully saturated rings. The van der Waals surface area contributed by atoms with Crippen molar-refractivity contribution in [2.24, 2.45) is 0 Å². The van der Waals surface area contributed by atoms with Gasteiger partial charge in [0.25, 0.3) is 11.6 Å². The van der Waals surface area contributed by atoms with Gasteiger partial charge in [-0.05, 0) is 42.0 Å². The van der Waals surface area contributed by atoms with Gasteiger partial charge in [0, 0.05) is 23.0 Å². The Balaban J connectivity index is 1.80. The summed E-state index contributed by atoms with van der Waals surface area (Å²) in [5, 5.41) is 25.8. The van der Waals surface area contributed by atoms with E-state index < -0.39 is 10.8 Å². The number of carbonyl (C=O) groups excluding carboxylic acids is 1. The van der Waals surface area contributed by atoms with E-state index >= 15 is 0 Å². The van der Waals surface area contributed by atoms with Gasteiger partial charge in [-0.1, -0.05) is 30.3 Å². The van der Waals surface area contributed by atoms with Gasteiger partial charge in [-0.2, -0.15) is 5.26 Å². The number of amides is 1. The highest BCUT2D eigenvalue weighted by Crippen LogP contribution is 2.29. The van der Waals surface area contributed by atoms with Crippen LogP contribution in [0.3, 0.4) is 0 Å². The monoisotopic (exact) mass is 372 g/mol. The molecule has 138 valence electrons. The van der Waals surface area contributed by atoms with Crippen LogP contribution in [0.15, 0.2) is 72.8 Å². The highest BCUT2D eigenvalue weighted by Gasteiger charge is 2.18. The third-order valence-electron chi connectivity index (χ3n) is 4.00. The standard InChI is InChI=1S/C21H16N4O3/c22-13-12-15-6-9-18(10-7-15)24-21(26)16-8-11-19(20(14-16)25(27)28)23-17-4-2-1-3-5-17/h1-11,14,23H,12H2,(H,24,26). The molecule has 0 unspecified atom stereocenters. The first-order valence-electron chi connectivity index (χ1n) is 8.44. The van der Waals surface area contributed by atoms with Crippen molar-refractivity contribution >= 4 is 28.7 Å². The molecular weight excluding hydrogens is 356 g/mol. The number of hydrogen-bond donors (Lipinski definition) is 2. The lowest BCUT2D eigenvalue weighted by Gasteiger charge is -2.09. The van der Waals surface area contributed by atoms with Gasteiger partial charge < -0.3 is 10.6 Å². The fraction of sp³-hybridized carbons (Fsp3) is 0.0476. The number of nitro groups is 1. The van der Waals surface area contributed by atoms with E-state index in [1.54, 1.807) is 36.4 Å². The predicted octanol–water partition coefficient (Wildman–Crippen LogP) is 4.66. The SMILES string of the molecule is N#CCc1ccc(NC(=O)c2ccc(Nc3ccccc3)c([N+](=O)[O-])c2)cc1. The van der Waals surface area contributed by atoms with Crippen LogP contribution >= 0.6 is 0 Å². The summed E-state index contributed by atoms with van der Waals surface area (Å²) < 4.78 is 0. The molecule has 28 heavy (non-hydrogen) atoms. The molecule has 0 aliphatic carbocycles. The quantitative estimate of drug-likeness (QED) is 0.483. The molecule has 0 spiro atoms. The number of anilines is 3. The number of nitrogens with zero attached hydrogens (tertiary/aromatic N) is 2. The Morgan fingerprint density at radius 3 is 2.36 bits per heavy atom. The van der Waals surface area contributed by atoms with Crippen molar-refractivity contribution in [2.75, 3.05) is 10.6 Å². The van der Waals surface area contributed by atoms with Gasteiger partial charge in [0.2, 0.25) is 0 Å². The maximum Gasteiger partial charge on any atom is 0.293 e. The van der Waals surface area contributed by atoms with E-state index in [-0.39, 0.29) is 17.7 Å².